The van der Waals surface area contributed by atoms with Crippen molar-refractivity contribution >= 4 is 17.7 Å². The Morgan fingerprint density at radius 1 is 1.19 bits per heavy atom. The molecule has 1 unspecified atom stereocenters. The molecule has 0 aliphatic rings. The number of amides is 1. The summed E-state index contributed by atoms with van der Waals surface area (Å²) in [7, 11) is 0. The molecular weight excluding hydrogens is 342 g/mol. The van der Waals surface area contributed by atoms with E-state index in [1.54, 1.807) is 6.20 Å². The molecule has 0 aliphatic carbocycles. The quantitative estimate of drug-likeness (QED) is 0.656. The smallest absolute Gasteiger partial charge is 0.230 e. The Bertz CT molecular complexity index is 889. The minimum atomic E-state index is -0.0111. The Labute approximate surface area is 158 Å². The molecule has 0 fully saturated rings. The van der Waals surface area contributed by atoms with E-state index in [2.05, 4.69) is 42.3 Å². The first-order chi connectivity index (χ1) is 12.5. The van der Waals surface area contributed by atoms with Gasteiger partial charge in [0.05, 0.1) is 17.5 Å². The number of nitrogens with zero attached hydrogens (tertiary/aromatic N) is 2. The van der Waals surface area contributed by atoms with Crippen LogP contribution in [0.5, 0.6) is 0 Å². The minimum absolute atomic E-state index is 0.00173. The number of carbonyl (C=O) groups is 1. The van der Waals surface area contributed by atoms with Crippen LogP contribution in [0.25, 0.3) is 5.69 Å². The van der Waals surface area contributed by atoms with Gasteiger partial charge in [-0.2, -0.15) is 0 Å². The summed E-state index contributed by atoms with van der Waals surface area (Å²) in [4.78, 5) is 16.7. The molecule has 4 nitrogen and oxygen atoms in total. The number of nitrogens with one attached hydrogen (secondary N) is 1. The Morgan fingerprint density at radius 3 is 2.73 bits per heavy atom. The maximum atomic E-state index is 12.3. The van der Waals surface area contributed by atoms with Crippen molar-refractivity contribution in [3.05, 3.63) is 77.6 Å². The highest BCUT2D eigenvalue weighted by molar-refractivity contribution is 7.99. The van der Waals surface area contributed by atoms with Crippen LogP contribution < -0.4 is 5.32 Å². The molecule has 1 N–H and O–H groups in total. The van der Waals surface area contributed by atoms with Crippen molar-refractivity contribution in [2.75, 3.05) is 5.75 Å². The first-order valence-corrected chi connectivity index (χ1v) is 9.61. The van der Waals surface area contributed by atoms with Crippen LogP contribution >= 0.6 is 11.8 Å². The summed E-state index contributed by atoms with van der Waals surface area (Å²) in [6, 6.07) is 16.3. The Kier molecular flexibility index (Phi) is 5.78. The van der Waals surface area contributed by atoms with Gasteiger partial charge in [-0.15, -0.1) is 0 Å². The molecule has 3 aromatic rings. The number of imidazole rings is 1. The second-order valence-corrected chi connectivity index (χ2v) is 7.30. The van der Waals surface area contributed by atoms with Crippen molar-refractivity contribution in [1.82, 2.24) is 14.9 Å². The molecule has 1 atom stereocenters. The van der Waals surface area contributed by atoms with Gasteiger partial charge in [0.15, 0.2) is 5.16 Å². The topological polar surface area (TPSA) is 46.9 Å². The van der Waals surface area contributed by atoms with Gasteiger partial charge in [0, 0.05) is 12.4 Å². The zero-order valence-corrected chi connectivity index (χ0v) is 16.1. The first-order valence-electron chi connectivity index (χ1n) is 8.62. The van der Waals surface area contributed by atoms with Crippen molar-refractivity contribution in [2.45, 2.75) is 32.0 Å². The fourth-order valence-corrected chi connectivity index (χ4v) is 3.57. The van der Waals surface area contributed by atoms with Gasteiger partial charge in [-0.05, 0) is 43.5 Å². The molecule has 3 rings (SSSR count). The fraction of sp³-hybridized carbons (Fsp3) is 0.238. The minimum Gasteiger partial charge on any atom is -0.349 e. The lowest BCUT2D eigenvalue weighted by molar-refractivity contribution is -0.119. The van der Waals surface area contributed by atoms with Gasteiger partial charge in [0.2, 0.25) is 5.91 Å². The number of benzene rings is 2. The largest absolute Gasteiger partial charge is 0.349 e. The van der Waals surface area contributed by atoms with Gasteiger partial charge in [-0.25, -0.2) is 4.98 Å². The van der Waals surface area contributed by atoms with Crippen molar-refractivity contribution in [3.8, 4) is 5.69 Å². The van der Waals surface area contributed by atoms with Gasteiger partial charge in [-0.1, -0.05) is 54.2 Å². The third-order valence-electron chi connectivity index (χ3n) is 4.24. The van der Waals surface area contributed by atoms with Crippen molar-refractivity contribution < 1.29 is 4.79 Å². The lowest BCUT2D eigenvalue weighted by Crippen LogP contribution is -2.28. The monoisotopic (exact) mass is 365 g/mol. The van der Waals surface area contributed by atoms with Crippen LogP contribution in [0.2, 0.25) is 0 Å². The van der Waals surface area contributed by atoms with Gasteiger partial charge in [0.25, 0.3) is 0 Å². The van der Waals surface area contributed by atoms with Crippen LogP contribution in [-0.4, -0.2) is 21.2 Å². The second kappa shape index (κ2) is 8.23. The summed E-state index contributed by atoms with van der Waals surface area (Å²) in [6.45, 7) is 6.15. The molecule has 26 heavy (non-hydrogen) atoms. The van der Waals surface area contributed by atoms with Crippen LogP contribution in [0.15, 0.2) is 66.1 Å². The summed E-state index contributed by atoms with van der Waals surface area (Å²) in [6.07, 6.45) is 3.71. The Balaban J connectivity index is 1.65. The number of aryl methyl sites for hydroxylation is 2. The average molecular weight is 366 g/mol. The highest BCUT2D eigenvalue weighted by Crippen LogP contribution is 2.23. The predicted octanol–water partition coefficient (Wildman–Crippen LogP) is 4.46. The zero-order valence-electron chi connectivity index (χ0n) is 15.3. The normalized spacial score (nSPS) is 12.0. The van der Waals surface area contributed by atoms with Crippen molar-refractivity contribution in [3.63, 3.8) is 0 Å². The lowest BCUT2D eigenvalue weighted by Gasteiger charge is -2.14. The number of thioether (sulfide) groups is 1. The lowest BCUT2D eigenvalue weighted by atomic mass is 10.1. The maximum absolute atomic E-state index is 12.3. The third kappa shape index (κ3) is 4.35. The van der Waals surface area contributed by atoms with Crippen LogP contribution in [0.3, 0.4) is 0 Å². The van der Waals surface area contributed by atoms with E-state index in [-0.39, 0.29) is 11.9 Å². The maximum Gasteiger partial charge on any atom is 0.230 e. The summed E-state index contributed by atoms with van der Waals surface area (Å²) >= 11 is 1.45. The van der Waals surface area contributed by atoms with Gasteiger partial charge < -0.3 is 5.32 Å². The second-order valence-electron chi connectivity index (χ2n) is 6.36. The molecule has 0 radical (unpaired) electrons. The van der Waals surface area contributed by atoms with E-state index < -0.39 is 0 Å². The molecule has 0 saturated heterocycles. The molecule has 1 aromatic heterocycles. The summed E-state index contributed by atoms with van der Waals surface area (Å²) in [5.41, 5.74) is 4.58. The van der Waals surface area contributed by atoms with Gasteiger partial charge in [-0.3, -0.25) is 9.36 Å². The SMILES string of the molecule is Cc1ccc(C)c(-n2ccnc2SCC(=O)NC(C)c2ccccc2)c1. The van der Waals surface area contributed by atoms with Crippen molar-refractivity contribution in [2.24, 2.45) is 0 Å². The zero-order chi connectivity index (χ0) is 18.5. The third-order valence-corrected chi connectivity index (χ3v) is 5.21. The molecule has 1 amide bonds. The number of hydrogen-bond acceptors (Lipinski definition) is 3. The summed E-state index contributed by atoms with van der Waals surface area (Å²) < 4.78 is 2.04. The van der Waals surface area contributed by atoms with E-state index in [0.29, 0.717) is 5.75 Å². The molecule has 1 heterocycles. The molecule has 0 saturated carbocycles. The number of hydrogen-bond donors (Lipinski definition) is 1. The summed E-state index contributed by atoms with van der Waals surface area (Å²) in [5, 5.41) is 3.86. The number of aromatic nitrogens is 2. The van der Waals surface area contributed by atoms with E-state index in [1.807, 2.05) is 48.0 Å². The highest BCUT2D eigenvalue weighted by atomic mass is 32.2. The molecule has 0 spiro atoms. The summed E-state index contributed by atoms with van der Waals surface area (Å²) in [5.74, 6) is 0.334. The van der Waals surface area contributed by atoms with Crippen molar-refractivity contribution in [1.29, 1.82) is 0 Å². The van der Waals surface area contributed by atoms with Crippen LogP contribution in [0, 0.1) is 13.8 Å². The van der Waals surface area contributed by atoms with Crippen LogP contribution in [0.1, 0.15) is 29.7 Å². The van der Waals surface area contributed by atoms with Gasteiger partial charge >= 0.3 is 0 Å². The first kappa shape index (κ1) is 18.3. The Hall–Kier alpha value is -2.53. The molecule has 134 valence electrons. The van der Waals surface area contributed by atoms with Crippen LogP contribution in [0.4, 0.5) is 0 Å². The standard InChI is InChI=1S/C21H23N3OS/c1-15-9-10-16(2)19(13-15)24-12-11-22-21(24)26-14-20(25)23-17(3)18-7-5-4-6-8-18/h4-13,17H,14H2,1-3H3,(H,23,25). The van der Waals surface area contributed by atoms with Crippen LogP contribution in [-0.2, 0) is 4.79 Å². The van der Waals surface area contributed by atoms with Gasteiger partial charge in [0.1, 0.15) is 0 Å². The predicted molar refractivity (Wildman–Crippen MR) is 107 cm³/mol. The molecule has 0 bridgehead atoms. The van der Waals surface area contributed by atoms with E-state index >= 15 is 0 Å². The molecule has 2 aromatic carbocycles. The highest BCUT2D eigenvalue weighted by Gasteiger charge is 2.13. The molecule has 5 heteroatoms. The van der Waals surface area contributed by atoms with E-state index in [9.17, 15) is 4.79 Å². The average Bonchev–Trinajstić information content (AvgIpc) is 3.11. The van der Waals surface area contributed by atoms with E-state index in [4.69, 9.17) is 0 Å². The molecule has 0 aliphatic heterocycles. The van der Waals surface area contributed by atoms with E-state index in [0.717, 1.165) is 16.4 Å². The fourth-order valence-electron chi connectivity index (χ4n) is 2.80. The van der Waals surface area contributed by atoms with E-state index in [1.165, 1.54) is 22.9 Å². The number of rotatable bonds is 6. The number of carbonyl (C=O) groups excluding carboxylic acids is 1. The Morgan fingerprint density at radius 2 is 1.96 bits per heavy atom. The molecular formula is C21H23N3OS.